The molecule has 1 atom stereocenters. The van der Waals surface area contributed by atoms with Crippen LogP contribution >= 0.6 is 27.5 Å². The molecule has 20 heavy (non-hydrogen) atoms. The fraction of sp³-hybridized carbons (Fsp3) is 0.333. The van der Waals surface area contributed by atoms with E-state index in [0.717, 1.165) is 0 Å². The number of aliphatic hydroxyl groups excluding tert-OH is 1. The first-order chi connectivity index (χ1) is 9.43. The van der Waals surface area contributed by atoms with Crippen molar-refractivity contribution in [3.8, 4) is 5.75 Å². The van der Waals surface area contributed by atoms with Crippen molar-refractivity contribution in [2.24, 2.45) is 0 Å². The molecule has 1 aromatic rings. The molecule has 3 N–H and O–H groups in total. The second-order valence-corrected chi connectivity index (χ2v) is 5.12. The average molecular weight is 367 g/mol. The van der Waals surface area contributed by atoms with Gasteiger partial charge >= 0.3 is 5.97 Å². The Bertz CT molecular complexity index is 497. The molecule has 0 aliphatic heterocycles. The minimum Gasteiger partial charge on any atom is -0.483 e. The zero-order chi connectivity index (χ0) is 15.1. The quantitative estimate of drug-likeness (QED) is 0.678. The SMILES string of the molecule is O=C(COc1ccc(Cl)cc1Br)N[C@@H](CCO)C(=O)O. The van der Waals surface area contributed by atoms with E-state index < -0.39 is 17.9 Å². The first-order valence-corrected chi connectivity index (χ1v) is 6.82. The molecule has 110 valence electrons. The van der Waals surface area contributed by atoms with E-state index in [-0.39, 0.29) is 19.6 Å². The number of aliphatic carboxylic acids is 1. The second kappa shape index (κ2) is 8.08. The van der Waals surface area contributed by atoms with Gasteiger partial charge in [-0.1, -0.05) is 11.6 Å². The molecule has 1 amide bonds. The first-order valence-electron chi connectivity index (χ1n) is 5.65. The van der Waals surface area contributed by atoms with E-state index in [1.165, 1.54) is 0 Å². The summed E-state index contributed by atoms with van der Waals surface area (Å²) in [7, 11) is 0. The van der Waals surface area contributed by atoms with Crippen LogP contribution in [0.5, 0.6) is 5.75 Å². The second-order valence-electron chi connectivity index (χ2n) is 3.83. The van der Waals surface area contributed by atoms with Crippen molar-refractivity contribution in [1.82, 2.24) is 5.32 Å². The predicted octanol–water partition coefficient (Wildman–Crippen LogP) is 1.43. The highest BCUT2D eigenvalue weighted by atomic mass is 79.9. The fourth-order valence-electron chi connectivity index (χ4n) is 1.36. The van der Waals surface area contributed by atoms with Crippen molar-refractivity contribution in [3.05, 3.63) is 27.7 Å². The summed E-state index contributed by atoms with van der Waals surface area (Å²) in [4.78, 5) is 22.4. The lowest BCUT2D eigenvalue weighted by Gasteiger charge is -2.14. The van der Waals surface area contributed by atoms with E-state index in [0.29, 0.717) is 15.2 Å². The van der Waals surface area contributed by atoms with E-state index in [1.54, 1.807) is 18.2 Å². The van der Waals surface area contributed by atoms with Crippen molar-refractivity contribution in [1.29, 1.82) is 0 Å². The molecule has 0 aromatic heterocycles. The molecule has 0 aliphatic rings. The summed E-state index contributed by atoms with van der Waals surface area (Å²) in [6.45, 7) is -0.670. The van der Waals surface area contributed by atoms with E-state index in [9.17, 15) is 9.59 Å². The van der Waals surface area contributed by atoms with Crippen LogP contribution in [0.1, 0.15) is 6.42 Å². The summed E-state index contributed by atoms with van der Waals surface area (Å²) in [6.07, 6.45) is -0.0638. The standard InChI is InChI=1S/C12H13BrClNO5/c13-8-5-7(14)1-2-10(8)20-6-11(17)15-9(3-4-16)12(18)19/h1-2,5,9,16H,3-4,6H2,(H,15,17)(H,18,19)/t9-/m0/s1. The van der Waals surface area contributed by atoms with Gasteiger partial charge in [-0.25, -0.2) is 4.79 Å². The number of hydrogen-bond acceptors (Lipinski definition) is 4. The third-order valence-corrected chi connectivity index (χ3v) is 3.16. The molecule has 0 heterocycles. The molecule has 0 fully saturated rings. The van der Waals surface area contributed by atoms with E-state index in [4.69, 9.17) is 26.6 Å². The molecule has 0 radical (unpaired) electrons. The predicted molar refractivity (Wildman–Crippen MR) is 75.9 cm³/mol. The number of ether oxygens (including phenoxy) is 1. The fourth-order valence-corrected chi connectivity index (χ4v) is 2.16. The number of amides is 1. The monoisotopic (exact) mass is 365 g/mol. The Morgan fingerprint density at radius 3 is 2.70 bits per heavy atom. The van der Waals surface area contributed by atoms with Gasteiger partial charge in [-0.15, -0.1) is 0 Å². The van der Waals surface area contributed by atoms with E-state index >= 15 is 0 Å². The molecule has 0 saturated carbocycles. The maximum atomic E-state index is 11.6. The molecule has 0 spiro atoms. The molecular weight excluding hydrogens is 353 g/mol. The Morgan fingerprint density at radius 2 is 2.15 bits per heavy atom. The van der Waals surface area contributed by atoms with Crippen LogP contribution in [0.4, 0.5) is 0 Å². The molecule has 0 saturated heterocycles. The third-order valence-electron chi connectivity index (χ3n) is 2.30. The largest absolute Gasteiger partial charge is 0.483 e. The molecule has 1 aromatic carbocycles. The van der Waals surface area contributed by atoms with Gasteiger partial charge in [0.25, 0.3) is 5.91 Å². The lowest BCUT2D eigenvalue weighted by atomic mass is 10.2. The number of carboxylic acid groups (broad SMARTS) is 1. The van der Waals surface area contributed by atoms with Gasteiger partial charge in [0, 0.05) is 18.1 Å². The van der Waals surface area contributed by atoms with Gasteiger partial charge in [0.05, 0.1) is 4.47 Å². The zero-order valence-electron chi connectivity index (χ0n) is 10.3. The average Bonchev–Trinajstić information content (AvgIpc) is 2.37. The maximum absolute atomic E-state index is 11.6. The number of benzene rings is 1. The number of rotatable bonds is 7. The van der Waals surface area contributed by atoms with Gasteiger partial charge in [0.1, 0.15) is 11.8 Å². The molecule has 1 rings (SSSR count). The summed E-state index contributed by atoms with van der Waals surface area (Å²) in [6, 6.07) is 3.67. The third kappa shape index (κ3) is 5.36. The van der Waals surface area contributed by atoms with Crippen molar-refractivity contribution in [3.63, 3.8) is 0 Å². The number of aliphatic hydroxyl groups is 1. The molecule has 0 aliphatic carbocycles. The van der Waals surface area contributed by atoms with E-state index in [2.05, 4.69) is 21.2 Å². The highest BCUT2D eigenvalue weighted by molar-refractivity contribution is 9.10. The van der Waals surface area contributed by atoms with Crippen LogP contribution in [0.2, 0.25) is 5.02 Å². The summed E-state index contributed by atoms with van der Waals surface area (Å²) >= 11 is 8.99. The summed E-state index contributed by atoms with van der Waals surface area (Å²) in [5, 5.41) is 20.3. The minimum atomic E-state index is -1.21. The van der Waals surface area contributed by atoms with Gasteiger partial charge in [-0.05, 0) is 34.1 Å². The van der Waals surface area contributed by atoms with Crippen LogP contribution in [-0.4, -0.2) is 41.3 Å². The molecular formula is C12H13BrClNO5. The van der Waals surface area contributed by atoms with Gasteiger partial charge < -0.3 is 20.3 Å². The Labute approximate surface area is 128 Å². The zero-order valence-corrected chi connectivity index (χ0v) is 12.6. The van der Waals surface area contributed by atoms with Crippen molar-refractivity contribution in [2.45, 2.75) is 12.5 Å². The Hall–Kier alpha value is -1.31. The summed E-state index contributed by atoms with van der Waals surface area (Å²) in [5.74, 6) is -1.38. The van der Waals surface area contributed by atoms with Gasteiger partial charge in [0.2, 0.25) is 0 Å². The Morgan fingerprint density at radius 1 is 1.45 bits per heavy atom. The van der Waals surface area contributed by atoms with Crippen LogP contribution in [0.25, 0.3) is 0 Å². The number of nitrogens with one attached hydrogen (secondary N) is 1. The summed E-state index contributed by atoms with van der Waals surface area (Å²) in [5.41, 5.74) is 0. The molecule has 0 bridgehead atoms. The highest BCUT2D eigenvalue weighted by Gasteiger charge is 2.19. The minimum absolute atomic E-state index is 0.0638. The summed E-state index contributed by atoms with van der Waals surface area (Å²) < 4.78 is 5.83. The van der Waals surface area contributed by atoms with Crippen molar-refractivity contribution in [2.75, 3.05) is 13.2 Å². The van der Waals surface area contributed by atoms with Crippen LogP contribution < -0.4 is 10.1 Å². The lowest BCUT2D eigenvalue weighted by Crippen LogP contribution is -2.43. The number of hydrogen-bond donors (Lipinski definition) is 3. The number of halogens is 2. The molecule has 8 heteroatoms. The Kier molecular flexibility index (Phi) is 6.77. The van der Waals surface area contributed by atoms with Gasteiger partial charge in [0.15, 0.2) is 6.61 Å². The highest BCUT2D eigenvalue weighted by Crippen LogP contribution is 2.27. The van der Waals surface area contributed by atoms with Crippen molar-refractivity contribution < 1.29 is 24.5 Å². The van der Waals surface area contributed by atoms with Crippen molar-refractivity contribution >= 4 is 39.4 Å². The normalized spacial score (nSPS) is 11.8. The van der Waals surface area contributed by atoms with Crippen LogP contribution in [0.15, 0.2) is 22.7 Å². The number of carbonyl (C=O) groups excluding carboxylic acids is 1. The molecule has 6 nitrogen and oxygen atoms in total. The topological polar surface area (TPSA) is 95.9 Å². The number of carbonyl (C=O) groups is 2. The maximum Gasteiger partial charge on any atom is 0.326 e. The van der Waals surface area contributed by atoms with Gasteiger partial charge in [-0.2, -0.15) is 0 Å². The first kappa shape index (κ1) is 16.7. The van der Waals surface area contributed by atoms with E-state index in [1.807, 2.05) is 0 Å². The Balaban J connectivity index is 2.52. The van der Waals surface area contributed by atoms with Gasteiger partial charge in [-0.3, -0.25) is 4.79 Å². The number of carboxylic acids is 1. The lowest BCUT2D eigenvalue weighted by molar-refractivity contribution is -0.142. The molecule has 0 unspecified atom stereocenters. The van der Waals surface area contributed by atoms with Crippen LogP contribution in [0, 0.1) is 0 Å². The van der Waals surface area contributed by atoms with Crippen LogP contribution in [-0.2, 0) is 9.59 Å². The van der Waals surface area contributed by atoms with Crippen LogP contribution in [0.3, 0.4) is 0 Å². The smallest absolute Gasteiger partial charge is 0.326 e.